The molecule has 3 amide bonds. The van der Waals surface area contributed by atoms with Crippen molar-refractivity contribution in [1.82, 2.24) is 35.3 Å². The number of nitrogens with one attached hydrogen (secondary N) is 2. The fourth-order valence-corrected chi connectivity index (χ4v) is 6.37. The Kier molecular flexibility index (Phi) is 5.58. The molecule has 0 radical (unpaired) electrons. The van der Waals surface area contributed by atoms with Crippen molar-refractivity contribution >= 4 is 23.0 Å². The third-order valence-electron chi connectivity index (χ3n) is 8.25. The molecule has 10 nitrogen and oxygen atoms in total. The zero-order valence-electron chi connectivity index (χ0n) is 19.7. The van der Waals surface area contributed by atoms with Crippen LogP contribution in [0.25, 0.3) is 11.0 Å². The predicted molar refractivity (Wildman–Crippen MR) is 120 cm³/mol. The van der Waals surface area contributed by atoms with Crippen LogP contribution in [0.5, 0.6) is 0 Å². The number of hydrogen-bond acceptors (Lipinski definition) is 6. The molecule has 36 heavy (non-hydrogen) atoms. The monoisotopic (exact) mass is 507 g/mol. The van der Waals surface area contributed by atoms with Gasteiger partial charge in [0.05, 0.1) is 17.5 Å². The number of amides is 3. The summed E-state index contributed by atoms with van der Waals surface area (Å²) in [5.74, 6) is 0.753. The zero-order chi connectivity index (χ0) is 25.1. The van der Waals surface area contributed by atoms with E-state index in [1.54, 1.807) is 0 Å². The lowest BCUT2D eigenvalue weighted by molar-refractivity contribution is -0.140. The lowest BCUT2D eigenvalue weighted by Gasteiger charge is -2.53. The highest BCUT2D eigenvalue weighted by atomic mass is 19.4. The molecule has 1 saturated carbocycles. The Hall–Kier alpha value is -2.96. The van der Waals surface area contributed by atoms with Gasteiger partial charge in [-0.3, -0.25) is 9.89 Å². The maximum atomic E-state index is 13.1. The van der Waals surface area contributed by atoms with Crippen LogP contribution in [0.1, 0.15) is 43.6 Å². The predicted octanol–water partition coefficient (Wildman–Crippen LogP) is 2.12. The van der Waals surface area contributed by atoms with Crippen LogP contribution in [0.2, 0.25) is 0 Å². The number of aromatic nitrogens is 4. The number of halogens is 3. The molecule has 3 aliphatic heterocycles. The quantitative estimate of drug-likeness (QED) is 0.643. The minimum Gasteiger partial charge on any atom is -0.366 e. The van der Waals surface area contributed by atoms with Crippen molar-refractivity contribution in [3.05, 3.63) is 17.7 Å². The van der Waals surface area contributed by atoms with E-state index in [0.717, 1.165) is 32.1 Å². The number of carbonyl (C=O) groups is 2. The second-order valence-corrected chi connectivity index (χ2v) is 10.6. The third kappa shape index (κ3) is 4.27. The molecule has 2 aromatic heterocycles. The largest absolute Gasteiger partial charge is 0.433 e. The number of piperidine rings is 2. The lowest BCUT2D eigenvalue weighted by atomic mass is 9.57. The molecule has 6 rings (SSSR count). The van der Waals surface area contributed by atoms with Gasteiger partial charge in [0.1, 0.15) is 12.4 Å². The van der Waals surface area contributed by atoms with E-state index in [2.05, 4.69) is 20.4 Å². The Morgan fingerprint density at radius 3 is 2.72 bits per heavy atom. The summed E-state index contributed by atoms with van der Waals surface area (Å²) in [6.07, 6.45) is 1.87. The van der Waals surface area contributed by atoms with E-state index < -0.39 is 11.9 Å². The number of aromatic amines is 1. The van der Waals surface area contributed by atoms with Crippen LogP contribution >= 0.6 is 0 Å². The van der Waals surface area contributed by atoms with E-state index in [4.69, 9.17) is 4.74 Å². The van der Waals surface area contributed by atoms with Crippen LogP contribution in [-0.4, -0.2) is 86.8 Å². The van der Waals surface area contributed by atoms with E-state index in [1.165, 1.54) is 6.20 Å². The van der Waals surface area contributed by atoms with Crippen LogP contribution in [-0.2, 0) is 22.1 Å². The molecule has 2 N–H and O–H groups in total. The smallest absolute Gasteiger partial charge is 0.366 e. The van der Waals surface area contributed by atoms with Gasteiger partial charge in [0.25, 0.3) is 0 Å². The van der Waals surface area contributed by atoms with Crippen molar-refractivity contribution in [2.24, 2.45) is 11.3 Å². The summed E-state index contributed by atoms with van der Waals surface area (Å²) < 4.78 is 44.6. The summed E-state index contributed by atoms with van der Waals surface area (Å²) in [6.45, 7) is 2.60. The number of rotatable bonds is 2. The van der Waals surface area contributed by atoms with Crippen LogP contribution in [0.3, 0.4) is 0 Å². The van der Waals surface area contributed by atoms with Crippen molar-refractivity contribution in [3.8, 4) is 0 Å². The fourth-order valence-electron chi connectivity index (χ4n) is 6.37. The van der Waals surface area contributed by atoms with Gasteiger partial charge in [0.15, 0.2) is 11.3 Å². The first-order valence-corrected chi connectivity index (χ1v) is 12.4. The maximum Gasteiger partial charge on any atom is 0.433 e. The second-order valence-electron chi connectivity index (χ2n) is 10.6. The van der Waals surface area contributed by atoms with Gasteiger partial charge in [0, 0.05) is 38.8 Å². The van der Waals surface area contributed by atoms with Crippen LogP contribution in [0, 0.1) is 11.3 Å². The highest BCUT2D eigenvalue weighted by molar-refractivity contribution is 5.79. The van der Waals surface area contributed by atoms with Crippen molar-refractivity contribution in [2.75, 3.05) is 32.8 Å². The van der Waals surface area contributed by atoms with Gasteiger partial charge in [0.2, 0.25) is 5.91 Å². The van der Waals surface area contributed by atoms with E-state index in [-0.39, 0.29) is 47.1 Å². The van der Waals surface area contributed by atoms with Crippen molar-refractivity contribution in [2.45, 2.75) is 56.8 Å². The van der Waals surface area contributed by atoms with Gasteiger partial charge >= 0.3 is 12.2 Å². The van der Waals surface area contributed by atoms with Gasteiger partial charge in [-0.25, -0.2) is 14.8 Å². The first-order chi connectivity index (χ1) is 17.2. The summed E-state index contributed by atoms with van der Waals surface area (Å²) in [7, 11) is 0. The van der Waals surface area contributed by atoms with Crippen molar-refractivity contribution in [3.63, 3.8) is 0 Å². The van der Waals surface area contributed by atoms with E-state index in [1.807, 2.05) is 14.9 Å². The SMILES string of the molecule is O=C1CO[C@H]2CCN(C(=O)N3CCC4(CC3)CC(Cc3ncc5c(C(F)(F)F)[nH]nc5n3)C4)C[C@H]2N1. The van der Waals surface area contributed by atoms with Crippen LogP contribution in [0.4, 0.5) is 18.0 Å². The molecule has 0 bridgehead atoms. The summed E-state index contributed by atoms with van der Waals surface area (Å²) >= 11 is 0. The number of ether oxygens (including phenoxy) is 1. The standard InChI is InChI=1S/C23H28F3N7O3/c24-23(25,26)19-14-10-27-17(29-20(14)31-30-19)7-13-8-22(9-13)2-5-32(6-3-22)21(35)33-4-1-16-15(11-33)28-18(34)12-36-16/h10,13,15-16H,1-9,11-12H2,(H,28,34)(H,27,29,30,31)/t15-,16+/m1/s1. The Morgan fingerprint density at radius 1 is 1.19 bits per heavy atom. The summed E-state index contributed by atoms with van der Waals surface area (Å²) in [5, 5.41) is 8.55. The number of fused-ring (bicyclic) bond motifs is 2. The average molecular weight is 508 g/mol. The fraction of sp³-hybridized carbons (Fsp3) is 0.696. The molecule has 4 aliphatic rings. The lowest BCUT2D eigenvalue weighted by Crippen LogP contribution is -2.63. The first kappa shape index (κ1) is 23.4. The number of morpholine rings is 1. The molecule has 0 aromatic carbocycles. The van der Waals surface area contributed by atoms with E-state index in [0.29, 0.717) is 44.3 Å². The van der Waals surface area contributed by atoms with Gasteiger partial charge in [-0.1, -0.05) is 0 Å². The van der Waals surface area contributed by atoms with E-state index >= 15 is 0 Å². The summed E-state index contributed by atoms with van der Waals surface area (Å²) in [4.78, 5) is 36.9. The number of H-pyrrole nitrogens is 1. The minimum atomic E-state index is -4.52. The van der Waals surface area contributed by atoms with Crippen molar-refractivity contribution in [1.29, 1.82) is 0 Å². The second kappa shape index (κ2) is 8.56. The Bertz CT molecular complexity index is 1170. The molecule has 5 heterocycles. The Balaban J connectivity index is 0.998. The van der Waals surface area contributed by atoms with Crippen LogP contribution in [0.15, 0.2) is 6.20 Å². The Labute approximate surface area is 204 Å². The van der Waals surface area contributed by atoms with Gasteiger partial charge < -0.3 is 19.9 Å². The van der Waals surface area contributed by atoms with E-state index in [9.17, 15) is 22.8 Å². The maximum absolute atomic E-state index is 13.1. The molecular weight excluding hydrogens is 479 g/mol. The average Bonchev–Trinajstić information content (AvgIpc) is 3.26. The number of urea groups is 1. The van der Waals surface area contributed by atoms with Crippen LogP contribution < -0.4 is 5.32 Å². The number of carbonyl (C=O) groups excluding carboxylic acids is 2. The molecule has 1 aliphatic carbocycles. The first-order valence-electron chi connectivity index (χ1n) is 12.4. The van der Waals surface area contributed by atoms with Crippen molar-refractivity contribution < 1.29 is 27.5 Å². The zero-order valence-corrected chi connectivity index (χ0v) is 19.7. The molecular formula is C23H28F3N7O3. The topological polar surface area (TPSA) is 116 Å². The molecule has 1 spiro atoms. The molecule has 4 fully saturated rings. The summed E-state index contributed by atoms with van der Waals surface area (Å²) in [6, 6.07) is -0.117. The molecule has 194 valence electrons. The van der Waals surface area contributed by atoms with Gasteiger partial charge in [-0.2, -0.15) is 18.3 Å². The highest BCUT2D eigenvalue weighted by Crippen LogP contribution is 2.53. The minimum absolute atomic E-state index is 0.0207. The molecule has 2 aromatic rings. The molecule has 3 saturated heterocycles. The normalized spacial score (nSPS) is 26.6. The number of alkyl halides is 3. The Morgan fingerprint density at radius 2 is 1.97 bits per heavy atom. The number of nitrogens with zero attached hydrogens (tertiary/aromatic N) is 5. The molecule has 13 heteroatoms. The molecule has 0 unspecified atom stereocenters. The summed E-state index contributed by atoms with van der Waals surface area (Å²) in [5.41, 5.74) is -0.676. The molecule has 2 atom stereocenters. The third-order valence-corrected chi connectivity index (χ3v) is 8.25. The highest BCUT2D eigenvalue weighted by Gasteiger charge is 2.47. The van der Waals surface area contributed by atoms with Gasteiger partial charge in [-0.05, 0) is 43.4 Å². The van der Waals surface area contributed by atoms with Gasteiger partial charge in [-0.15, -0.1) is 0 Å². The number of hydrogen-bond donors (Lipinski definition) is 2. The number of likely N-dealkylation sites (tertiary alicyclic amines) is 2.